The van der Waals surface area contributed by atoms with Crippen molar-refractivity contribution in [3.63, 3.8) is 0 Å². The third-order valence-electron chi connectivity index (χ3n) is 3.10. The molecule has 2 atom stereocenters. The SMILES string of the molecule is CCSC1CCCC1NCc1ccccn1. The zero-order valence-electron chi connectivity index (χ0n) is 9.86. The van der Waals surface area contributed by atoms with Gasteiger partial charge in [-0.15, -0.1) is 0 Å². The summed E-state index contributed by atoms with van der Waals surface area (Å²) < 4.78 is 0. The van der Waals surface area contributed by atoms with Gasteiger partial charge in [0.25, 0.3) is 0 Å². The van der Waals surface area contributed by atoms with E-state index in [1.165, 1.54) is 25.0 Å². The van der Waals surface area contributed by atoms with E-state index in [0.717, 1.165) is 17.5 Å². The molecule has 3 heteroatoms. The highest BCUT2D eigenvalue weighted by Crippen LogP contribution is 2.29. The third kappa shape index (κ3) is 3.22. The molecule has 1 aromatic rings. The fraction of sp³-hybridized carbons (Fsp3) is 0.615. The van der Waals surface area contributed by atoms with Crippen molar-refractivity contribution < 1.29 is 0 Å². The second-order valence-electron chi connectivity index (χ2n) is 4.23. The molecule has 0 aliphatic heterocycles. The van der Waals surface area contributed by atoms with Crippen LogP contribution < -0.4 is 5.32 Å². The Labute approximate surface area is 102 Å². The normalized spacial score (nSPS) is 24.8. The molecule has 1 aromatic heterocycles. The van der Waals surface area contributed by atoms with Gasteiger partial charge in [-0.05, 0) is 30.7 Å². The van der Waals surface area contributed by atoms with Crippen LogP contribution in [0.2, 0.25) is 0 Å². The summed E-state index contributed by atoms with van der Waals surface area (Å²) in [6.07, 6.45) is 5.93. The highest BCUT2D eigenvalue weighted by Gasteiger charge is 2.26. The van der Waals surface area contributed by atoms with Crippen LogP contribution in [0.3, 0.4) is 0 Å². The molecule has 0 bridgehead atoms. The summed E-state index contributed by atoms with van der Waals surface area (Å²) in [4.78, 5) is 4.34. The predicted molar refractivity (Wildman–Crippen MR) is 70.6 cm³/mol. The molecule has 88 valence electrons. The lowest BCUT2D eigenvalue weighted by molar-refractivity contribution is 0.527. The number of hydrogen-bond donors (Lipinski definition) is 1. The van der Waals surface area contributed by atoms with Crippen molar-refractivity contribution in [1.82, 2.24) is 10.3 Å². The van der Waals surface area contributed by atoms with E-state index in [9.17, 15) is 0 Å². The van der Waals surface area contributed by atoms with Gasteiger partial charge in [0.1, 0.15) is 0 Å². The summed E-state index contributed by atoms with van der Waals surface area (Å²) in [5, 5.41) is 4.46. The summed E-state index contributed by atoms with van der Waals surface area (Å²) in [5.41, 5.74) is 1.15. The maximum atomic E-state index is 4.34. The Morgan fingerprint density at radius 1 is 1.44 bits per heavy atom. The monoisotopic (exact) mass is 236 g/mol. The molecule has 1 aliphatic carbocycles. The van der Waals surface area contributed by atoms with Crippen LogP contribution in [0.5, 0.6) is 0 Å². The molecule has 1 fully saturated rings. The first kappa shape index (κ1) is 11.9. The van der Waals surface area contributed by atoms with E-state index in [-0.39, 0.29) is 0 Å². The predicted octanol–water partition coefficient (Wildman–Crippen LogP) is 2.85. The average molecular weight is 236 g/mol. The minimum Gasteiger partial charge on any atom is -0.307 e. The van der Waals surface area contributed by atoms with Crippen molar-refractivity contribution in [1.29, 1.82) is 0 Å². The van der Waals surface area contributed by atoms with Gasteiger partial charge in [-0.1, -0.05) is 19.4 Å². The number of aromatic nitrogens is 1. The van der Waals surface area contributed by atoms with Crippen LogP contribution >= 0.6 is 11.8 Å². The first-order valence-electron chi connectivity index (χ1n) is 6.15. The van der Waals surface area contributed by atoms with Gasteiger partial charge in [0, 0.05) is 24.0 Å². The Morgan fingerprint density at radius 3 is 3.12 bits per heavy atom. The van der Waals surface area contributed by atoms with Crippen LogP contribution in [0, 0.1) is 0 Å². The van der Waals surface area contributed by atoms with E-state index in [4.69, 9.17) is 0 Å². The van der Waals surface area contributed by atoms with Crippen molar-refractivity contribution in [2.45, 2.75) is 44.0 Å². The lowest BCUT2D eigenvalue weighted by Gasteiger charge is -2.19. The summed E-state index contributed by atoms with van der Waals surface area (Å²) in [6, 6.07) is 6.79. The van der Waals surface area contributed by atoms with Crippen molar-refractivity contribution in [2.24, 2.45) is 0 Å². The van der Waals surface area contributed by atoms with Crippen LogP contribution in [-0.4, -0.2) is 22.0 Å². The quantitative estimate of drug-likeness (QED) is 0.851. The van der Waals surface area contributed by atoms with Gasteiger partial charge in [0.15, 0.2) is 0 Å². The number of rotatable bonds is 5. The van der Waals surface area contributed by atoms with E-state index < -0.39 is 0 Å². The lowest BCUT2D eigenvalue weighted by atomic mass is 10.2. The van der Waals surface area contributed by atoms with Crippen molar-refractivity contribution in [3.05, 3.63) is 30.1 Å². The van der Waals surface area contributed by atoms with Crippen LogP contribution in [0.1, 0.15) is 31.9 Å². The summed E-state index contributed by atoms with van der Waals surface area (Å²) in [5.74, 6) is 1.23. The molecule has 2 rings (SSSR count). The van der Waals surface area contributed by atoms with E-state index in [2.05, 4.69) is 41.1 Å². The van der Waals surface area contributed by atoms with E-state index in [1.807, 2.05) is 12.3 Å². The Morgan fingerprint density at radius 2 is 2.38 bits per heavy atom. The highest BCUT2D eigenvalue weighted by atomic mass is 32.2. The van der Waals surface area contributed by atoms with E-state index >= 15 is 0 Å². The Balaban J connectivity index is 1.81. The molecule has 1 aliphatic rings. The van der Waals surface area contributed by atoms with Gasteiger partial charge >= 0.3 is 0 Å². The maximum Gasteiger partial charge on any atom is 0.0541 e. The Bertz CT molecular complexity index is 302. The van der Waals surface area contributed by atoms with E-state index in [0.29, 0.717) is 6.04 Å². The minimum absolute atomic E-state index is 0.687. The molecule has 1 N–H and O–H groups in total. The number of hydrogen-bond acceptors (Lipinski definition) is 3. The van der Waals surface area contributed by atoms with Crippen LogP contribution in [0.4, 0.5) is 0 Å². The zero-order valence-corrected chi connectivity index (χ0v) is 10.7. The molecule has 0 amide bonds. The molecular weight excluding hydrogens is 216 g/mol. The Kier molecular flexibility index (Phi) is 4.67. The van der Waals surface area contributed by atoms with Crippen molar-refractivity contribution in [2.75, 3.05) is 5.75 Å². The molecular formula is C13H20N2S. The third-order valence-corrected chi connectivity index (χ3v) is 4.43. The number of nitrogens with one attached hydrogen (secondary N) is 1. The van der Waals surface area contributed by atoms with Crippen LogP contribution in [0.15, 0.2) is 24.4 Å². The van der Waals surface area contributed by atoms with Crippen LogP contribution in [0.25, 0.3) is 0 Å². The van der Waals surface area contributed by atoms with Gasteiger partial charge in [-0.2, -0.15) is 11.8 Å². The highest BCUT2D eigenvalue weighted by molar-refractivity contribution is 7.99. The molecule has 1 heterocycles. The zero-order chi connectivity index (χ0) is 11.2. The lowest BCUT2D eigenvalue weighted by Crippen LogP contribution is -2.33. The molecule has 0 saturated heterocycles. The molecule has 0 spiro atoms. The summed E-state index contributed by atoms with van der Waals surface area (Å²) in [7, 11) is 0. The molecule has 16 heavy (non-hydrogen) atoms. The number of pyridine rings is 1. The molecule has 2 nitrogen and oxygen atoms in total. The second kappa shape index (κ2) is 6.26. The van der Waals surface area contributed by atoms with Gasteiger partial charge in [-0.25, -0.2) is 0 Å². The second-order valence-corrected chi connectivity index (χ2v) is 5.75. The number of nitrogens with zero attached hydrogens (tertiary/aromatic N) is 1. The number of thioether (sulfide) groups is 1. The molecule has 0 radical (unpaired) electrons. The smallest absolute Gasteiger partial charge is 0.0541 e. The maximum absolute atomic E-state index is 4.34. The van der Waals surface area contributed by atoms with E-state index in [1.54, 1.807) is 0 Å². The summed E-state index contributed by atoms with van der Waals surface area (Å²) >= 11 is 2.10. The summed E-state index contributed by atoms with van der Waals surface area (Å²) in [6.45, 7) is 3.16. The fourth-order valence-electron chi connectivity index (χ4n) is 2.31. The average Bonchev–Trinajstić information content (AvgIpc) is 2.76. The Hall–Kier alpha value is -0.540. The molecule has 1 saturated carbocycles. The largest absolute Gasteiger partial charge is 0.307 e. The van der Waals surface area contributed by atoms with Gasteiger partial charge in [-0.3, -0.25) is 4.98 Å². The van der Waals surface area contributed by atoms with Crippen LogP contribution in [-0.2, 0) is 6.54 Å². The van der Waals surface area contributed by atoms with Gasteiger partial charge < -0.3 is 5.32 Å². The fourth-order valence-corrected chi connectivity index (χ4v) is 3.54. The standard InChI is InChI=1S/C13H20N2S/c1-2-16-13-8-5-7-12(13)15-10-11-6-3-4-9-14-11/h3-4,6,9,12-13,15H,2,5,7-8,10H2,1H3. The first-order valence-corrected chi connectivity index (χ1v) is 7.20. The minimum atomic E-state index is 0.687. The molecule has 2 unspecified atom stereocenters. The van der Waals surface area contributed by atoms with Crippen molar-refractivity contribution in [3.8, 4) is 0 Å². The van der Waals surface area contributed by atoms with Crippen molar-refractivity contribution >= 4 is 11.8 Å². The first-order chi connectivity index (χ1) is 7.90. The van der Waals surface area contributed by atoms with Gasteiger partial charge in [0.05, 0.1) is 5.69 Å². The topological polar surface area (TPSA) is 24.9 Å². The molecule has 0 aromatic carbocycles. The van der Waals surface area contributed by atoms with Gasteiger partial charge in [0.2, 0.25) is 0 Å².